The summed E-state index contributed by atoms with van der Waals surface area (Å²) >= 11 is 0. The molecule has 108 valence electrons. The maximum Gasteiger partial charge on any atom is 0.335 e. The molecule has 2 N–H and O–H groups in total. The van der Waals surface area contributed by atoms with E-state index in [1.54, 1.807) is 0 Å². The van der Waals surface area contributed by atoms with Crippen LogP contribution in [0, 0.1) is 16.7 Å². The molecule has 0 bridgehead atoms. The Labute approximate surface area is 118 Å². The Morgan fingerprint density at radius 2 is 1.90 bits per heavy atom. The Hall–Kier alpha value is -1.91. The van der Waals surface area contributed by atoms with Gasteiger partial charge in [0.05, 0.1) is 17.8 Å². The Morgan fingerprint density at radius 1 is 1.30 bits per heavy atom. The molecule has 0 aromatic carbocycles. The fourth-order valence-electron chi connectivity index (χ4n) is 2.84. The lowest BCUT2D eigenvalue weighted by atomic mass is 10.0. The van der Waals surface area contributed by atoms with Crippen LogP contribution in [0.25, 0.3) is 0 Å². The molecule has 1 saturated carbocycles. The number of aromatic nitrogens is 1. The number of amides is 1. The molecule has 1 fully saturated rings. The lowest BCUT2D eigenvalue weighted by Gasteiger charge is -2.06. The number of carbonyl (C=O) groups excluding carboxylic acids is 1. The van der Waals surface area contributed by atoms with Gasteiger partial charge in [-0.2, -0.15) is 0 Å². The van der Waals surface area contributed by atoms with Crippen molar-refractivity contribution in [1.29, 1.82) is 0 Å². The summed E-state index contributed by atoms with van der Waals surface area (Å²) in [5, 5.41) is 11.8. The molecule has 5 heteroatoms. The van der Waals surface area contributed by atoms with E-state index in [0.717, 1.165) is 0 Å². The Bertz CT molecular complexity index is 550. The van der Waals surface area contributed by atoms with Gasteiger partial charge in [0.25, 0.3) is 0 Å². The fourth-order valence-corrected chi connectivity index (χ4v) is 2.84. The lowest BCUT2D eigenvalue weighted by Crippen LogP contribution is -2.27. The number of hydrogen-bond donors (Lipinski definition) is 2. The third-order valence-electron chi connectivity index (χ3n) is 4.79. The zero-order valence-electron chi connectivity index (χ0n) is 12.2. The van der Waals surface area contributed by atoms with E-state index in [2.05, 4.69) is 38.0 Å². The summed E-state index contributed by atoms with van der Waals surface area (Å²) in [4.78, 5) is 27.1. The van der Waals surface area contributed by atoms with Crippen LogP contribution in [-0.2, 0) is 11.3 Å². The van der Waals surface area contributed by atoms with E-state index >= 15 is 0 Å². The molecular weight excluding hydrogens is 256 g/mol. The second-order valence-electron chi connectivity index (χ2n) is 6.44. The van der Waals surface area contributed by atoms with E-state index in [4.69, 9.17) is 5.11 Å². The number of nitrogens with zero attached hydrogens (tertiary/aromatic N) is 1. The topological polar surface area (TPSA) is 79.3 Å². The molecule has 0 radical (unpaired) electrons. The second kappa shape index (κ2) is 4.58. The van der Waals surface area contributed by atoms with Crippen molar-refractivity contribution >= 4 is 11.9 Å². The van der Waals surface area contributed by atoms with E-state index in [1.165, 1.54) is 18.3 Å². The van der Waals surface area contributed by atoms with E-state index in [9.17, 15) is 9.59 Å². The highest BCUT2D eigenvalue weighted by Gasteiger charge is 2.68. The number of pyridine rings is 1. The lowest BCUT2D eigenvalue weighted by molar-refractivity contribution is -0.123. The molecule has 20 heavy (non-hydrogen) atoms. The van der Waals surface area contributed by atoms with E-state index in [0.29, 0.717) is 5.69 Å². The first-order valence-electron chi connectivity index (χ1n) is 6.64. The first-order valence-corrected chi connectivity index (χ1v) is 6.64. The predicted molar refractivity (Wildman–Crippen MR) is 74.1 cm³/mol. The minimum Gasteiger partial charge on any atom is -0.478 e. The molecule has 1 amide bonds. The van der Waals surface area contributed by atoms with E-state index < -0.39 is 5.97 Å². The van der Waals surface area contributed by atoms with Gasteiger partial charge in [0, 0.05) is 12.1 Å². The summed E-state index contributed by atoms with van der Waals surface area (Å²) < 4.78 is 0. The summed E-state index contributed by atoms with van der Waals surface area (Å²) in [5.74, 6) is -1.01. The van der Waals surface area contributed by atoms with Crippen LogP contribution in [0.5, 0.6) is 0 Å². The number of carbonyl (C=O) groups is 2. The molecule has 1 heterocycles. The van der Waals surface area contributed by atoms with Crippen molar-refractivity contribution in [2.24, 2.45) is 16.7 Å². The Morgan fingerprint density at radius 3 is 2.40 bits per heavy atom. The third kappa shape index (κ3) is 2.28. The summed E-state index contributed by atoms with van der Waals surface area (Å²) in [6.07, 6.45) is 1.44. The Balaban J connectivity index is 1.98. The van der Waals surface area contributed by atoms with Gasteiger partial charge in [-0.1, -0.05) is 27.7 Å². The van der Waals surface area contributed by atoms with Gasteiger partial charge in [0.1, 0.15) is 0 Å². The quantitative estimate of drug-likeness (QED) is 0.882. The highest BCUT2D eigenvalue weighted by atomic mass is 16.4. The number of aromatic carboxylic acids is 1. The molecule has 2 rings (SSSR count). The zero-order valence-corrected chi connectivity index (χ0v) is 12.2. The molecule has 5 nitrogen and oxygen atoms in total. The van der Waals surface area contributed by atoms with Crippen molar-refractivity contribution in [2.45, 2.75) is 34.2 Å². The van der Waals surface area contributed by atoms with E-state index in [1.807, 2.05) is 0 Å². The van der Waals surface area contributed by atoms with Gasteiger partial charge in [-0.3, -0.25) is 9.78 Å². The summed E-state index contributed by atoms with van der Waals surface area (Å²) in [6, 6.07) is 2.91. The standard InChI is InChI=1S/C15H20N2O3/c1-14(2)11(15(14,3)4)12(18)17-8-10-7-9(13(19)20)5-6-16-10/h5-7,11H,8H2,1-4H3,(H,17,18)(H,19,20). The van der Waals surface area contributed by atoms with E-state index in [-0.39, 0.29) is 34.8 Å². The fraction of sp³-hybridized carbons (Fsp3) is 0.533. The van der Waals surface area contributed by atoms with Crippen molar-refractivity contribution in [2.75, 3.05) is 0 Å². The SMILES string of the molecule is CC1(C)C(C(=O)NCc2cc(C(=O)O)ccn2)C1(C)C. The average molecular weight is 276 g/mol. The van der Waals surface area contributed by atoms with Crippen LogP contribution in [-0.4, -0.2) is 22.0 Å². The average Bonchev–Trinajstić information content (AvgIpc) is 2.77. The van der Waals surface area contributed by atoms with Gasteiger partial charge < -0.3 is 10.4 Å². The summed E-state index contributed by atoms with van der Waals surface area (Å²) in [5.41, 5.74) is 0.715. The second-order valence-corrected chi connectivity index (χ2v) is 6.44. The van der Waals surface area contributed by atoms with Gasteiger partial charge in [-0.25, -0.2) is 4.79 Å². The predicted octanol–water partition coefficient (Wildman–Crippen LogP) is 2.08. The molecule has 0 atom stereocenters. The number of rotatable bonds is 4. The van der Waals surface area contributed by atoms with Crippen LogP contribution >= 0.6 is 0 Å². The van der Waals surface area contributed by atoms with Crippen molar-refractivity contribution in [3.63, 3.8) is 0 Å². The van der Waals surface area contributed by atoms with Crippen molar-refractivity contribution in [1.82, 2.24) is 10.3 Å². The van der Waals surface area contributed by atoms with Crippen LogP contribution in [0.3, 0.4) is 0 Å². The molecule has 0 unspecified atom stereocenters. The highest BCUT2D eigenvalue weighted by Crippen LogP contribution is 2.68. The van der Waals surface area contributed by atoms with Crippen LogP contribution in [0.1, 0.15) is 43.7 Å². The summed E-state index contributed by atoms with van der Waals surface area (Å²) in [6.45, 7) is 8.59. The van der Waals surface area contributed by atoms with Gasteiger partial charge in [-0.15, -0.1) is 0 Å². The maximum absolute atomic E-state index is 12.2. The monoisotopic (exact) mass is 276 g/mol. The van der Waals surface area contributed by atoms with Crippen LogP contribution in [0.15, 0.2) is 18.3 Å². The van der Waals surface area contributed by atoms with Crippen LogP contribution < -0.4 is 5.32 Å². The molecule has 0 aliphatic heterocycles. The van der Waals surface area contributed by atoms with Gasteiger partial charge in [0.2, 0.25) is 5.91 Å². The van der Waals surface area contributed by atoms with Crippen molar-refractivity contribution in [3.8, 4) is 0 Å². The summed E-state index contributed by atoms with van der Waals surface area (Å²) in [7, 11) is 0. The third-order valence-corrected chi connectivity index (χ3v) is 4.79. The molecular formula is C15H20N2O3. The number of hydrogen-bond acceptors (Lipinski definition) is 3. The largest absolute Gasteiger partial charge is 0.478 e. The normalized spacial score (nSPS) is 19.4. The van der Waals surface area contributed by atoms with Crippen LogP contribution in [0.2, 0.25) is 0 Å². The van der Waals surface area contributed by atoms with Crippen LogP contribution in [0.4, 0.5) is 0 Å². The van der Waals surface area contributed by atoms with Crippen molar-refractivity contribution in [3.05, 3.63) is 29.6 Å². The molecule has 1 aliphatic carbocycles. The first-order chi connectivity index (χ1) is 9.18. The van der Waals surface area contributed by atoms with Crippen molar-refractivity contribution < 1.29 is 14.7 Å². The highest BCUT2D eigenvalue weighted by molar-refractivity contribution is 5.87. The maximum atomic E-state index is 12.2. The molecule has 1 aromatic heterocycles. The number of carboxylic acid groups (broad SMARTS) is 1. The van der Waals surface area contributed by atoms with Gasteiger partial charge >= 0.3 is 5.97 Å². The van der Waals surface area contributed by atoms with Gasteiger partial charge in [0.15, 0.2) is 0 Å². The smallest absolute Gasteiger partial charge is 0.335 e. The molecule has 1 aromatic rings. The minimum atomic E-state index is -0.996. The van der Waals surface area contributed by atoms with Gasteiger partial charge in [-0.05, 0) is 23.0 Å². The molecule has 0 spiro atoms. The minimum absolute atomic E-state index is 0.00234. The molecule has 0 saturated heterocycles. The first kappa shape index (κ1) is 14.5. The number of carboxylic acids is 1. The zero-order chi connectivity index (χ0) is 15.1. The Kier molecular flexibility index (Phi) is 3.32. The number of nitrogens with one attached hydrogen (secondary N) is 1. The molecule has 1 aliphatic rings.